The van der Waals surface area contributed by atoms with Crippen LogP contribution in [0.3, 0.4) is 0 Å². The molecule has 0 aromatic heterocycles. The van der Waals surface area contributed by atoms with Crippen molar-refractivity contribution in [3.05, 3.63) is 90.0 Å². The van der Waals surface area contributed by atoms with Gasteiger partial charge in [0.1, 0.15) is 18.3 Å². The maximum Gasteiger partial charge on any atom is 0.264 e. The average Bonchev–Trinajstić information content (AvgIpc) is 2.93. The van der Waals surface area contributed by atoms with Crippen molar-refractivity contribution < 1.29 is 22.7 Å². The number of ether oxygens (including phenoxy) is 1. The molecule has 3 aromatic rings. The SMILES string of the molecule is CCNC(=O)C(CC)N(Cc1ccc(C)cc1)C(=O)CN(c1cccc(OC)c1)S(=O)(=O)c1ccccc1. The van der Waals surface area contributed by atoms with E-state index in [4.69, 9.17) is 4.74 Å². The number of likely N-dealkylation sites (N-methyl/N-ethyl adjacent to an activating group) is 1. The number of hydrogen-bond acceptors (Lipinski definition) is 5. The molecule has 0 aliphatic rings. The Bertz CT molecular complexity index is 1330. The standard InChI is InChI=1S/C29H35N3O5S/c1-5-27(29(34)30-6-2)31(20-23-17-15-22(3)16-18-23)28(33)21-32(24-11-10-12-25(19-24)37-4)38(35,36)26-13-8-7-9-14-26/h7-19,27H,5-6,20-21H2,1-4H3,(H,30,34). The number of methoxy groups -OCH3 is 1. The van der Waals surface area contributed by atoms with Gasteiger partial charge in [-0.2, -0.15) is 0 Å². The number of anilines is 1. The van der Waals surface area contributed by atoms with Gasteiger partial charge in [-0.1, -0.05) is 61.0 Å². The Morgan fingerprint density at radius 3 is 2.24 bits per heavy atom. The van der Waals surface area contributed by atoms with Crippen molar-refractivity contribution in [3.8, 4) is 5.75 Å². The van der Waals surface area contributed by atoms with Gasteiger partial charge < -0.3 is 15.0 Å². The van der Waals surface area contributed by atoms with Crippen molar-refractivity contribution >= 4 is 27.5 Å². The van der Waals surface area contributed by atoms with Crippen LogP contribution in [0.2, 0.25) is 0 Å². The summed E-state index contributed by atoms with van der Waals surface area (Å²) < 4.78 is 34.0. The lowest BCUT2D eigenvalue weighted by molar-refractivity contribution is -0.140. The Balaban J connectivity index is 2.06. The molecule has 0 saturated carbocycles. The molecule has 8 nitrogen and oxygen atoms in total. The monoisotopic (exact) mass is 537 g/mol. The number of rotatable bonds is 12. The molecule has 0 aliphatic carbocycles. The van der Waals surface area contributed by atoms with Gasteiger partial charge in [0.05, 0.1) is 17.7 Å². The second kappa shape index (κ2) is 13.1. The Hall–Kier alpha value is -3.85. The van der Waals surface area contributed by atoms with Gasteiger partial charge in [0.2, 0.25) is 11.8 Å². The molecule has 1 N–H and O–H groups in total. The Morgan fingerprint density at radius 2 is 1.63 bits per heavy atom. The average molecular weight is 538 g/mol. The zero-order valence-electron chi connectivity index (χ0n) is 22.3. The highest BCUT2D eigenvalue weighted by Crippen LogP contribution is 2.27. The van der Waals surface area contributed by atoms with Crippen molar-refractivity contribution in [1.29, 1.82) is 0 Å². The van der Waals surface area contributed by atoms with E-state index in [1.54, 1.807) is 42.5 Å². The van der Waals surface area contributed by atoms with E-state index in [9.17, 15) is 18.0 Å². The molecule has 2 amide bonds. The fraction of sp³-hybridized carbons (Fsp3) is 0.310. The first-order valence-electron chi connectivity index (χ1n) is 12.6. The van der Waals surface area contributed by atoms with Gasteiger partial charge in [0.25, 0.3) is 10.0 Å². The lowest BCUT2D eigenvalue weighted by Crippen LogP contribution is -2.52. The van der Waals surface area contributed by atoms with Gasteiger partial charge in [-0.3, -0.25) is 13.9 Å². The van der Waals surface area contributed by atoms with E-state index >= 15 is 0 Å². The van der Waals surface area contributed by atoms with E-state index in [0.29, 0.717) is 18.7 Å². The summed E-state index contributed by atoms with van der Waals surface area (Å²) in [4.78, 5) is 28.4. The minimum Gasteiger partial charge on any atom is -0.497 e. The zero-order valence-corrected chi connectivity index (χ0v) is 23.1. The second-order valence-electron chi connectivity index (χ2n) is 8.85. The van der Waals surface area contributed by atoms with Crippen LogP contribution in [-0.2, 0) is 26.2 Å². The number of carbonyl (C=O) groups excluding carboxylic acids is 2. The minimum absolute atomic E-state index is 0.0523. The molecule has 0 fully saturated rings. The van der Waals surface area contributed by atoms with Crippen LogP contribution in [0.1, 0.15) is 31.4 Å². The van der Waals surface area contributed by atoms with Crippen LogP contribution < -0.4 is 14.4 Å². The molecule has 0 radical (unpaired) electrons. The molecule has 0 aliphatic heterocycles. The number of carbonyl (C=O) groups is 2. The Labute approximate surface area is 225 Å². The summed E-state index contributed by atoms with van der Waals surface area (Å²) in [5, 5.41) is 2.80. The van der Waals surface area contributed by atoms with Gasteiger partial charge in [0.15, 0.2) is 0 Å². The summed E-state index contributed by atoms with van der Waals surface area (Å²) in [6.07, 6.45) is 0.369. The zero-order chi connectivity index (χ0) is 27.7. The molecule has 0 saturated heterocycles. The summed E-state index contributed by atoms with van der Waals surface area (Å²) in [6.45, 7) is 5.69. The van der Waals surface area contributed by atoms with Crippen LogP contribution in [-0.4, -0.2) is 51.4 Å². The molecule has 202 valence electrons. The first kappa shape index (κ1) is 28.7. The first-order chi connectivity index (χ1) is 18.2. The summed E-state index contributed by atoms with van der Waals surface area (Å²) in [5.74, 6) is -0.325. The van der Waals surface area contributed by atoms with Gasteiger partial charge in [0, 0.05) is 19.2 Å². The summed E-state index contributed by atoms with van der Waals surface area (Å²) in [5.41, 5.74) is 2.19. The van der Waals surface area contributed by atoms with Gasteiger partial charge in [-0.05, 0) is 50.1 Å². The van der Waals surface area contributed by atoms with E-state index in [1.165, 1.54) is 24.1 Å². The molecule has 1 unspecified atom stereocenters. The molecular weight excluding hydrogens is 502 g/mol. The van der Waals surface area contributed by atoms with Crippen molar-refractivity contribution in [3.63, 3.8) is 0 Å². The van der Waals surface area contributed by atoms with Crippen LogP contribution in [0.25, 0.3) is 0 Å². The number of nitrogens with zero attached hydrogens (tertiary/aromatic N) is 2. The highest BCUT2D eigenvalue weighted by atomic mass is 32.2. The normalized spacial score (nSPS) is 11.9. The van der Waals surface area contributed by atoms with E-state index in [0.717, 1.165) is 15.4 Å². The van der Waals surface area contributed by atoms with Crippen LogP contribution in [0.4, 0.5) is 5.69 Å². The number of benzene rings is 3. The molecule has 0 heterocycles. The molecule has 3 rings (SSSR count). The number of nitrogens with one attached hydrogen (secondary N) is 1. The molecule has 9 heteroatoms. The highest BCUT2D eigenvalue weighted by molar-refractivity contribution is 7.92. The third-order valence-corrected chi connectivity index (χ3v) is 7.95. The maximum absolute atomic E-state index is 13.9. The van der Waals surface area contributed by atoms with Gasteiger partial charge in [-0.15, -0.1) is 0 Å². The fourth-order valence-corrected chi connectivity index (χ4v) is 5.54. The largest absolute Gasteiger partial charge is 0.497 e. The maximum atomic E-state index is 13.9. The third kappa shape index (κ3) is 6.92. The molecular formula is C29H35N3O5S. The van der Waals surface area contributed by atoms with Crippen molar-refractivity contribution in [2.24, 2.45) is 0 Å². The predicted molar refractivity (Wildman–Crippen MR) is 148 cm³/mol. The van der Waals surface area contributed by atoms with Crippen molar-refractivity contribution in [2.45, 2.75) is 44.7 Å². The van der Waals surface area contributed by atoms with E-state index in [1.807, 2.05) is 45.0 Å². The van der Waals surface area contributed by atoms with Crippen molar-refractivity contribution in [1.82, 2.24) is 10.2 Å². The Morgan fingerprint density at radius 1 is 0.947 bits per heavy atom. The van der Waals surface area contributed by atoms with Crippen molar-refractivity contribution in [2.75, 3.05) is 24.5 Å². The quantitative estimate of drug-likeness (QED) is 0.375. The van der Waals surface area contributed by atoms with E-state index in [2.05, 4.69) is 5.32 Å². The number of amides is 2. The predicted octanol–water partition coefficient (Wildman–Crippen LogP) is 4.14. The van der Waals surface area contributed by atoms with Gasteiger partial charge in [-0.25, -0.2) is 8.42 Å². The lowest BCUT2D eigenvalue weighted by Gasteiger charge is -2.33. The fourth-order valence-electron chi connectivity index (χ4n) is 4.12. The van der Waals surface area contributed by atoms with E-state index < -0.39 is 28.5 Å². The highest BCUT2D eigenvalue weighted by Gasteiger charge is 2.33. The number of aryl methyl sites for hydroxylation is 1. The summed E-state index contributed by atoms with van der Waals surface area (Å²) in [6, 6.07) is 21.4. The second-order valence-corrected chi connectivity index (χ2v) is 10.7. The summed E-state index contributed by atoms with van der Waals surface area (Å²) in [7, 11) is -2.63. The smallest absolute Gasteiger partial charge is 0.264 e. The Kier molecular flexibility index (Phi) is 9.90. The van der Waals surface area contributed by atoms with Gasteiger partial charge >= 0.3 is 0 Å². The molecule has 38 heavy (non-hydrogen) atoms. The first-order valence-corrected chi connectivity index (χ1v) is 14.0. The topological polar surface area (TPSA) is 96.0 Å². The lowest BCUT2D eigenvalue weighted by atomic mass is 10.1. The minimum atomic E-state index is -4.12. The van der Waals surface area contributed by atoms with Crippen LogP contribution in [0.5, 0.6) is 5.75 Å². The van der Waals surface area contributed by atoms with Crippen LogP contribution >= 0.6 is 0 Å². The van der Waals surface area contributed by atoms with E-state index in [-0.39, 0.29) is 23.0 Å². The molecule has 0 bridgehead atoms. The van der Waals surface area contributed by atoms with Crippen LogP contribution in [0, 0.1) is 6.92 Å². The molecule has 0 spiro atoms. The number of hydrogen-bond donors (Lipinski definition) is 1. The third-order valence-electron chi connectivity index (χ3n) is 6.16. The number of sulfonamides is 1. The summed E-state index contributed by atoms with van der Waals surface area (Å²) >= 11 is 0. The molecule has 1 atom stereocenters. The molecule has 3 aromatic carbocycles. The van der Waals surface area contributed by atoms with Crippen LogP contribution in [0.15, 0.2) is 83.8 Å².